The van der Waals surface area contributed by atoms with Gasteiger partial charge in [0.2, 0.25) is 0 Å². The number of hydrogen-bond acceptors (Lipinski definition) is 4. The zero-order valence-corrected chi connectivity index (χ0v) is 15.2. The average Bonchev–Trinajstić information content (AvgIpc) is 2.84. The lowest BCUT2D eigenvalue weighted by Gasteiger charge is -2.33. The molecule has 1 saturated heterocycles. The highest BCUT2D eigenvalue weighted by Crippen LogP contribution is 2.33. The average molecular weight is 342 g/mol. The minimum Gasteiger partial charge on any atom is -0.494 e. The van der Waals surface area contributed by atoms with Crippen LogP contribution in [0.3, 0.4) is 0 Å². The summed E-state index contributed by atoms with van der Waals surface area (Å²) in [5.41, 5.74) is 1.85. The van der Waals surface area contributed by atoms with Crippen LogP contribution in [0.25, 0.3) is 5.57 Å². The highest BCUT2D eigenvalue weighted by Gasteiger charge is 2.40. The van der Waals surface area contributed by atoms with Crippen LogP contribution in [-0.2, 0) is 9.59 Å². The summed E-state index contributed by atoms with van der Waals surface area (Å²) in [5.74, 6) is 0.895. The molecule has 0 bridgehead atoms. The topological polar surface area (TPSA) is 49.9 Å². The maximum Gasteiger partial charge on any atom is 0.277 e. The first-order chi connectivity index (χ1) is 12.0. The molecule has 1 unspecified atom stereocenters. The molecule has 2 aliphatic rings. The lowest BCUT2D eigenvalue weighted by Crippen LogP contribution is -2.38. The zero-order chi connectivity index (χ0) is 18.0. The number of likely N-dealkylation sites (tertiary alicyclic amines) is 1. The van der Waals surface area contributed by atoms with Crippen molar-refractivity contribution in [3.8, 4) is 5.75 Å². The van der Waals surface area contributed by atoms with E-state index in [1.54, 1.807) is 7.05 Å². The van der Waals surface area contributed by atoms with Gasteiger partial charge in [-0.15, -0.1) is 0 Å². The largest absolute Gasteiger partial charge is 0.494 e. The maximum atomic E-state index is 12.7. The van der Waals surface area contributed by atoms with E-state index >= 15 is 0 Å². The highest BCUT2D eigenvalue weighted by atomic mass is 16.5. The Hall–Kier alpha value is -2.30. The fourth-order valence-corrected chi connectivity index (χ4v) is 3.51. The first kappa shape index (κ1) is 17.5. The smallest absolute Gasteiger partial charge is 0.277 e. The molecule has 1 aromatic rings. The summed E-state index contributed by atoms with van der Waals surface area (Å²) in [4.78, 5) is 28.7. The number of hydrogen-bond donors (Lipinski definition) is 0. The Bertz CT molecular complexity index is 693. The summed E-state index contributed by atoms with van der Waals surface area (Å²) in [5, 5.41) is 0. The molecule has 25 heavy (non-hydrogen) atoms. The summed E-state index contributed by atoms with van der Waals surface area (Å²) >= 11 is 0. The van der Waals surface area contributed by atoms with Gasteiger partial charge in [-0.1, -0.05) is 26.0 Å². The third kappa shape index (κ3) is 3.41. The molecule has 5 heteroatoms. The van der Waals surface area contributed by atoms with Crippen LogP contribution in [0.4, 0.5) is 0 Å². The van der Waals surface area contributed by atoms with Gasteiger partial charge in [0.25, 0.3) is 11.8 Å². The lowest BCUT2D eigenvalue weighted by molar-refractivity contribution is -0.136. The monoisotopic (exact) mass is 342 g/mol. The molecule has 0 N–H and O–H groups in total. The van der Waals surface area contributed by atoms with Crippen LogP contribution >= 0.6 is 0 Å². The van der Waals surface area contributed by atoms with E-state index in [0.717, 1.165) is 37.2 Å². The molecule has 1 fully saturated rings. The van der Waals surface area contributed by atoms with Gasteiger partial charge in [-0.25, -0.2) is 0 Å². The molecule has 134 valence electrons. The number of imide groups is 1. The van der Waals surface area contributed by atoms with Gasteiger partial charge in [-0.05, 0) is 42.9 Å². The normalized spacial score (nSPS) is 21.3. The van der Waals surface area contributed by atoms with E-state index in [4.69, 9.17) is 4.74 Å². The second-order valence-electron chi connectivity index (χ2n) is 6.96. The van der Waals surface area contributed by atoms with Gasteiger partial charge in [0.15, 0.2) is 0 Å². The number of likely N-dealkylation sites (N-methyl/N-ethyl adjacent to an activating group) is 1. The third-order valence-corrected chi connectivity index (χ3v) is 4.85. The van der Waals surface area contributed by atoms with E-state index in [1.165, 1.54) is 11.3 Å². The third-order valence-electron chi connectivity index (χ3n) is 4.85. The lowest BCUT2D eigenvalue weighted by atomic mass is 9.97. The highest BCUT2D eigenvalue weighted by molar-refractivity contribution is 6.35. The Balaban J connectivity index is 1.96. The van der Waals surface area contributed by atoms with Crippen molar-refractivity contribution in [1.29, 1.82) is 0 Å². The molecule has 0 radical (unpaired) electrons. The summed E-state index contributed by atoms with van der Waals surface area (Å²) in [6.07, 6.45) is 3.16. The first-order valence-corrected chi connectivity index (χ1v) is 9.07. The van der Waals surface area contributed by atoms with Gasteiger partial charge in [0, 0.05) is 20.1 Å². The second-order valence-corrected chi connectivity index (χ2v) is 6.96. The van der Waals surface area contributed by atoms with Crippen molar-refractivity contribution >= 4 is 17.4 Å². The number of carbonyl (C=O) groups excluding carboxylic acids is 2. The fraction of sp³-hybridized carbons (Fsp3) is 0.500. The molecule has 0 aliphatic carbocycles. The number of benzene rings is 1. The molecule has 2 aliphatic heterocycles. The summed E-state index contributed by atoms with van der Waals surface area (Å²) in [6.45, 7) is 6.57. The van der Waals surface area contributed by atoms with Crippen LogP contribution in [0, 0.1) is 5.92 Å². The van der Waals surface area contributed by atoms with Crippen LogP contribution in [0.5, 0.6) is 5.75 Å². The molecule has 5 nitrogen and oxygen atoms in total. The van der Waals surface area contributed by atoms with Gasteiger partial charge >= 0.3 is 0 Å². The van der Waals surface area contributed by atoms with Gasteiger partial charge in [-0.3, -0.25) is 14.5 Å². The quantitative estimate of drug-likeness (QED) is 0.772. The van der Waals surface area contributed by atoms with Crippen LogP contribution in [0.2, 0.25) is 0 Å². The molecule has 2 amide bonds. The standard InChI is InChI=1S/C20H26N2O3/c1-4-12-25-16-9-7-15(8-10-16)17-18(20(24)21(3)19(17)23)22-11-5-6-14(2)13-22/h7-10,14H,4-6,11-13H2,1-3H3. The van der Waals surface area contributed by atoms with Crippen molar-refractivity contribution in [2.45, 2.75) is 33.1 Å². The van der Waals surface area contributed by atoms with Crippen LogP contribution in [-0.4, -0.2) is 48.4 Å². The first-order valence-electron chi connectivity index (χ1n) is 9.07. The summed E-state index contributed by atoms with van der Waals surface area (Å²) < 4.78 is 5.61. The molecule has 0 saturated carbocycles. The number of nitrogens with zero attached hydrogens (tertiary/aromatic N) is 2. The molecule has 0 aromatic heterocycles. The van der Waals surface area contributed by atoms with Crippen molar-refractivity contribution in [3.05, 3.63) is 35.5 Å². The Morgan fingerprint density at radius 3 is 2.52 bits per heavy atom. The van der Waals surface area contributed by atoms with Crippen LogP contribution < -0.4 is 4.74 Å². The van der Waals surface area contributed by atoms with Crippen molar-refractivity contribution in [1.82, 2.24) is 9.80 Å². The maximum absolute atomic E-state index is 12.7. The minimum absolute atomic E-state index is 0.194. The minimum atomic E-state index is -0.222. The SMILES string of the molecule is CCCOc1ccc(C2=C(N3CCCC(C)C3)C(=O)N(C)C2=O)cc1. The van der Waals surface area contributed by atoms with Crippen molar-refractivity contribution in [2.75, 3.05) is 26.7 Å². The number of carbonyl (C=O) groups is 2. The Kier molecular flexibility index (Phi) is 5.11. The van der Waals surface area contributed by atoms with Crippen molar-refractivity contribution in [2.24, 2.45) is 5.92 Å². The van der Waals surface area contributed by atoms with Crippen molar-refractivity contribution < 1.29 is 14.3 Å². The summed E-state index contributed by atoms with van der Waals surface area (Å²) in [6, 6.07) is 7.48. The van der Waals surface area contributed by atoms with E-state index in [1.807, 2.05) is 24.3 Å². The van der Waals surface area contributed by atoms with Gasteiger partial charge in [0.05, 0.1) is 12.2 Å². The number of piperidine rings is 1. The van der Waals surface area contributed by atoms with Crippen LogP contribution in [0.15, 0.2) is 30.0 Å². The predicted octanol–water partition coefficient (Wildman–Crippen LogP) is 2.92. The molecule has 2 heterocycles. The molecular formula is C20H26N2O3. The second kappa shape index (κ2) is 7.30. The van der Waals surface area contributed by atoms with E-state index in [0.29, 0.717) is 23.8 Å². The predicted molar refractivity (Wildman–Crippen MR) is 96.9 cm³/mol. The molecule has 0 spiro atoms. The van der Waals surface area contributed by atoms with E-state index in [-0.39, 0.29) is 11.8 Å². The van der Waals surface area contributed by atoms with Crippen LogP contribution in [0.1, 0.15) is 38.7 Å². The molecule has 3 rings (SSSR count). The molecule has 1 aromatic carbocycles. The molecular weight excluding hydrogens is 316 g/mol. The van der Waals surface area contributed by atoms with E-state index < -0.39 is 0 Å². The molecule has 1 atom stereocenters. The van der Waals surface area contributed by atoms with E-state index in [2.05, 4.69) is 18.7 Å². The zero-order valence-electron chi connectivity index (χ0n) is 15.2. The van der Waals surface area contributed by atoms with E-state index in [9.17, 15) is 9.59 Å². The number of rotatable bonds is 5. The Morgan fingerprint density at radius 1 is 1.16 bits per heavy atom. The Labute approximate surface area is 149 Å². The number of ether oxygens (including phenoxy) is 1. The number of amides is 2. The van der Waals surface area contributed by atoms with Crippen molar-refractivity contribution in [3.63, 3.8) is 0 Å². The van der Waals surface area contributed by atoms with Gasteiger partial charge < -0.3 is 9.64 Å². The van der Waals surface area contributed by atoms with Gasteiger partial charge in [0.1, 0.15) is 11.4 Å². The summed E-state index contributed by atoms with van der Waals surface area (Å²) in [7, 11) is 1.56. The Morgan fingerprint density at radius 2 is 1.88 bits per heavy atom. The van der Waals surface area contributed by atoms with Gasteiger partial charge in [-0.2, -0.15) is 0 Å². The fourth-order valence-electron chi connectivity index (χ4n) is 3.51.